The number of sulfone groups is 1. The van der Waals surface area contributed by atoms with Crippen molar-refractivity contribution in [3.8, 4) is 0 Å². The predicted molar refractivity (Wildman–Crippen MR) is 69.9 cm³/mol. The van der Waals surface area contributed by atoms with E-state index in [0.717, 1.165) is 6.42 Å². The van der Waals surface area contributed by atoms with Gasteiger partial charge in [-0.05, 0) is 19.8 Å². The van der Waals surface area contributed by atoms with Crippen LogP contribution in [0.4, 0.5) is 11.6 Å². The molecular weight excluding hydrogens is 254 g/mol. The van der Waals surface area contributed by atoms with Crippen molar-refractivity contribution < 1.29 is 8.42 Å². The molecular formula is C10H17N5O2S. The number of anilines is 2. The summed E-state index contributed by atoms with van der Waals surface area (Å²) in [6.07, 6.45) is 1.51. The van der Waals surface area contributed by atoms with Gasteiger partial charge in [-0.3, -0.25) is 0 Å². The van der Waals surface area contributed by atoms with Gasteiger partial charge in [0.15, 0.2) is 9.84 Å². The van der Waals surface area contributed by atoms with Crippen LogP contribution in [0.3, 0.4) is 0 Å². The molecule has 0 aliphatic carbocycles. The first kappa shape index (κ1) is 13.0. The zero-order valence-corrected chi connectivity index (χ0v) is 11.0. The number of hydrogen-bond donors (Lipinski definition) is 3. The number of rotatable bonds is 3. The first-order chi connectivity index (χ1) is 8.48. The van der Waals surface area contributed by atoms with Crippen molar-refractivity contribution in [1.29, 1.82) is 0 Å². The third-order valence-corrected chi connectivity index (χ3v) is 4.62. The van der Waals surface area contributed by atoms with E-state index < -0.39 is 9.84 Å². The third-order valence-electron chi connectivity index (χ3n) is 2.80. The Morgan fingerprint density at radius 2 is 2.11 bits per heavy atom. The van der Waals surface area contributed by atoms with E-state index in [9.17, 15) is 8.42 Å². The second kappa shape index (κ2) is 5.07. The smallest absolute Gasteiger partial charge is 0.152 e. The Labute approximate surface area is 106 Å². The van der Waals surface area contributed by atoms with Crippen LogP contribution in [-0.4, -0.2) is 35.9 Å². The van der Waals surface area contributed by atoms with E-state index in [1.165, 1.54) is 0 Å². The number of nitrogens with one attached hydrogen (secondary N) is 2. The zero-order valence-electron chi connectivity index (χ0n) is 10.2. The Hall–Kier alpha value is -1.41. The largest absolute Gasteiger partial charge is 0.366 e. The number of nitrogen functional groups attached to an aromatic ring is 1. The maximum atomic E-state index is 11.5. The summed E-state index contributed by atoms with van der Waals surface area (Å²) in [5.41, 5.74) is 2.45. The van der Waals surface area contributed by atoms with Crippen LogP contribution in [0.1, 0.15) is 18.7 Å². The van der Waals surface area contributed by atoms with Gasteiger partial charge in [0.1, 0.15) is 17.5 Å². The molecule has 8 heteroatoms. The highest BCUT2D eigenvalue weighted by atomic mass is 32.2. The average Bonchev–Trinajstić information content (AvgIpc) is 2.26. The van der Waals surface area contributed by atoms with Crippen molar-refractivity contribution in [1.82, 2.24) is 9.97 Å². The lowest BCUT2D eigenvalue weighted by atomic mass is 10.2. The van der Waals surface area contributed by atoms with E-state index in [0.29, 0.717) is 23.9 Å². The third kappa shape index (κ3) is 3.30. The van der Waals surface area contributed by atoms with Gasteiger partial charge >= 0.3 is 0 Å². The number of hydrazine groups is 1. The molecule has 1 unspecified atom stereocenters. The van der Waals surface area contributed by atoms with E-state index in [2.05, 4.69) is 20.7 Å². The Bertz CT molecular complexity index is 531. The molecule has 1 atom stereocenters. The number of nitrogens with zero attached hydrogens (tertiary/aromatic N) is 2. The SMILES string of the molecule is Cc1nc(NN)cc(NC2CCCS(=O)(=O)C2)n1. The van der Waals surface area contributed by atoms with Crippen LogP contribution in [0.25, 0.3) is 0 Å². The molecule has 1 fully saturated rings. The fourth-order valence-electron chi connectivity index (χ4n) is 2.06. The molecule has 7 nitrogen and oxygen atoms in total. The zero-order chi connectivity index (χ0) is 13.2. The summed E-state index contributed by atoms with van der Waals surface area (Å²) in [4.78, 5) is 8.28. The standard InChI is InChI=1S/C10H17N5O2S/c1-7-12-9(5-10(13-7)15-11)14-8-3-2-4-18(16,17)6-8/h5,8H,2-4,6,11H2,1H3,(H2,12,13,14,15). The van der Waals surface area contributed by atoms with Crippen LogP contribution in [-0.2, 0) is 9.84 Å². The van der Waals surface area contributed by atoms with Crippen LogP contribution in [0.5, 0.6) is 0 Å². The molecule has 0 spiro atoms. The summed E-state index contributed by atoms with van der Waals surface area (Å²) in [6.45, 7) is 1.75. The normalized spacial score (nSPS) is 22.4. The van der Waals surface area contributed by atoms with Gasteiger partial charge in [-0.2, -0.15) is 0 Å². The van der Waals surface area contributed by atoms with Gasteiger partial charge < -0.3 is 10.7 Å². The molecule has 1 saturated heterocycles. The quantitative estimate of drug-likeness (QED) is 0.526. The molecule has 1 aromatic rings. The van der Waals surface area contributed by atoms with E-state index in [-0.39, 0.29) is 17.5 Å². The Balaban J connectivity index is 2.11. The van der Waals surface area contributed by atoms with Crippen molar-refractivity contribution in [3.05, 3.63) is 11.9 Å². The van der Waals surface area contributed by atoms with Gasteiger partial charge in [0, 0.05) is 12.1 Å². The molecule has 0 saturated carbocycles. The molecule has 1 aromatic heterocycles. The molecule has 18 heavy (non-hydrogen) atoms. The molecule has 100 valence electrons. The molecule has 0 bridgehead atoms. The molecule has 0 aromatic carbocycles. The highest BCUT2D eigenvalue weighted by Crippen LogP contribution is 2.17. The topological polar surface area (TPSA) is 110 Å². The minimum Gasteiger partial charge on any atom is -0.366 e. The maximum Gasteiger partial charge on any atom is 0.152 e. The Kier molecular flexibility index (Phi) is 3.67. The second-order valence-electron chi connectivity index (χ2n) is 4.43. The van der Waals surface area contributed by atoms with E-state index in [1.807, 2.05) is 0 Å². The van der Waals surface area contributed by atoms with Crippen molar-refractivity contribution in [2.75, 3.05) is 22.2 Å². The van der Waals surface area contributed by atoms with Gasteiger partial charge in [-0.15, -0.1) is 0 Å². The summed E-state index contributed by atoms with van der Waals surface area (Å²) < 4.78 is 23.1. The highest BCUT2D eigenvalue weighted by molar-refractivity contribution is 7.91. The number of nitrogens with two attached hydrogens (primary N) is 1. The minimum absolute atomic E-state index is 0.0938. The maximum absolute atomic E-state index is 11.5. The van der Waals surface area contributed by atoms with Gasteiger partial charge in [-0.25, -0.2) is 24.2 Å². The Morgan fingerprint density at radius 3 is 2.78 bits per heavy atom. The predicted octanol–water partition coefficient (Wildman–Crippen LogP) is 0.0597. The Morgan fingerprint density at radius 1 is 1.39 bits per heavy atom. The first-order valence-corrected chi connectivity index (χ1v) is 7.60. The lowest BCUT2D eigenvalue weighted by Crippen LogP contribution is -2.35. The van der Waals surface area contributed by atoms with Crippen molar-refractivity contribution in [2.45, 2.75) is 25.8 Å². The van der Waals surface area contributed by atoms with Gasteiger partial charge in [0.05, 0.1) is 11.5 Å². The van der Waals surface area contributed by atoms with Crippen molar-refractivity contribution in [2.24, 2.45) is 5.84 Å². The molecule has 0 amide bonds. The van der Waals surface area contributed by atoms with E-state index >= 15 is 0 Å². The van der Waals surface area contributed by atoms with Crippen molar-refractivity contribution in [3.63, 3.8) is 0 Å². The summed E-state index contributed by atoms with van der Waals surface area (Å²) in [6, 6.07) is 1.57. The molecule has 1 aliphatic rings. The monoisotopic (exact) mass is 271 g/mol. The molecule has 1 aliphatic heterocycles. The van der Waals surface area contributed by atoms with Crippen LogP contribution in [0.2, 0.25) is 0 Å². The first-order valence-electron chi connectivity index (χ1n) is 5.78. The van der Waals surface area contributed by atoms with Gasteiger partial charge in [-0.1, -0.05) is 0 Å². The van der Waals surface area contributed by atoms with Crippen LogP contribution < -0.4 is 16.6 Å². The number of aryl methyl sites for hydroxylation is 1. The van der Waals surface area contributed by atoms with E-state index in [1.54, 1.807) is 13.0 Å². The number of hydrogen-bond acceptors (Lipinski definition) is 7. The highest BCUT2D eigenvalue weighted by Gasteiger charge is 2.24. The fourth-order valence-corrected chi connectivity index (χ4v) is 3.70. The molecule has 2 heterocycles. The van der Waals surface area contributed by atoms with Crippen LogP contribution in [0.15, 0.2) is 6.07 Å². The fraction of sp³-hybridized carbons (Fsp3) is 0.600. The molecule has 2 rings (SSSR count). The van der Waals surface area contributed by atoms with Crippen LogP contribution in [0, 0.1) is 6.92 Å². The lowest BCUT2D eigenvalue weighted by molar-refractivity contribution is 0.561. The molecule has 0 radical (unpaired) electrons. The summed E-state index contributed by atoms with van der Waals surface area (Å²) in [7, 11) is -2.92. The number of aromatic nitrogens is 2. The second-order valence-corrected chi connectivity index (χ2v) is 6.66. The van der Waals surface area contributed by atoms with Gasteiger partial charge in [0.2, 0.25) is 0 Å². The average molecular weight is 271 g/mol. The van der Waals surface area contributed by atoms with Crippen molar-refractivity contribution >= 4 is 21.5 Å². The van der Waals surface area contributed by atoms with E-state index in [4.69, 9.17) is 5.84 Å². The molecule has 4 N–H and O–H groups in total. The van der Waals surface area contributed by atoms with Gasteiger partial charge in [0.25, 0.3) is 0 Å². The minimum atomic E-state index is -2.92. The van der Waals surface area contributed by atoms with Crippen LogP contribution >= 0.6 is 0 Å². The summed E-state index contributed by atoms with van der Waals surface area (Å²) >= 11 is 0. The summed E-state index contributed by atoms with van der Waals surface area (Å²) in [5, 5.41) is 3.13. The summed E-state index contributed by atoms with van der Waals surface area (Å²) in [5.74, 6) is 7.41. The lowest BCUT2D eigenvalue weighted by Gasteiger charge is -2.23.